The molecule has 9 nitrogen and oxygen atoms in total. The summed E-state index contributed by atoms with van der Waals surface area (Å²) < 4.78 is 23.0. The maximum absolute atomic E-state index is 10.8. The van der Waals surface area contributed by atoms with Crippen LogP contribution in [0.1, 0.15) is 11.4 Å². The second-order valence-corrected chi connectivity index (χ2v) is 6.49. The number of esters is 1. The highest BCUT2D eigenvalue weighted by molar-refractivity contribution is 5.81. The predicted molar refractivity (Wildman–Crippen MR) is 116 cm³/mol. The molecule has 1 aromatic carbocycles. The van der Waals surface area contributed by atoms with Gasteiger partial charge in [-0.3, -0.25) is 4.68 Å². The summed E-state index contributed by atoms with van der Waals surface area (Å²) in [6.45, 7) is 10.7. The van der Waals surface area contributed by atoms with E-state index in [-0.39, 0.29) is 6.61 Å². The predicted octanol–water partition coefficient (Wildman–Crippen LogP) is 3.69. The van der Waals surface area contributed by atoms with Crippen LogP contribution < -0.4 is 0 Å². The summed E-state index contributed by atoms with van der Waals surface area (Å²) >= 11 is 0. The topological polar surface area (TPSA) is 96.5 Å². The number of aromatic nitrogens is 2. The summed E-state index contributed by atoms with van der Waals surface area (Å²) in [5.74, 6) is -0.453. The molecule has 0 radical (unpaired) electrons. The zero-order valence-electron chi connectivity index (χ0n) is 18.2. The van der Waals surface area contributed by atoms with Crippen LogP contribution in [-0.2, 0) is 30.3 Å². The number of azo groups is 1. The molecule has 0 unspecified atom stereocenters. The fourth-order valence-corrected chi connectivity index (χ4v) is 2.61. The minimum Gasteiger partial charge on any atom is -0.460 e. The molecule has 0 amide bonds. The van der Waals surface area contributed by atoms with Crippen molar-refractivity contribution in [1.29, 1.82) is 0 Å². The van der Waals surface area contributed by atoms with Crippen molar-refractivity contribution >= 4 is 17.3 Å². The van der Waals surface area contributed by atoms with E-state index in [0.717, 1.165) is 28.8 Å². The van der Waals surface area contributed by atoms with E-state index >= 15 is 0 Å². The van der Waals surface area contributed by atoms with Gasteiger partial charge in [-0.1, -0.05) is 24.8 Å². The van der Waals surface area contributed by atoms with Gasteiger partial charge < -0.3 is 18.9 Å². The molecule has 9 heteroatoms. The highest BCUT2D eigenvalue weighted by Crippen LogP contribution is 2.25. The van der Waals surface area contributed by atoms with Gasteiger partial charge in [0.25, 0.3) is 0 Å². The third-order valence-corrected chi connectivity index (χ3v) is 4.20. The first-order valence-electron chi connectivity index (χ1n) is 10.1. The van der Waals surface area contributed by atoms with Crippen LogP contribution in [-0.4, -0.2) is 62.0 Å². The molecule has 1 heterocycles. The molecule has 0 aliphatic carbocycles. The van der Waals surface area contributed by atoms with Gasteiger partial charge in [0.2, 0.25) is 0 Å². The number of benzene rings is 1. The lowest BCUT2D eigenvalue weighted by Gasteiger charge is -2.08. The lowest BCUT2D eigenvalue weighted by molar-refractivity contribution is -0.139. The van der Waals surface area contributed by atoms with E-state index in [4.69, 9.17) is 18.9 Å². The molecule has 0 saturated carbocycles. The Labute approximate surface area is 182 Å². The summed E-state index contributed by atoms with van der Waals surface area (Å²) in [5, 5.41) is 13.1. The van der Waals surface area contributed by atoms with E-state index in [2.05, 4.69) is 21.9 Å². The molecular weight excluding hydrogens is 400 g/mol. The molecule has 2 rings (SSSR count). The Hall–Kier alpha value is -2.88. The quantitative estimate of drug-likeness (QED) is 0.185. The third kappa shape index (κ3) is 9.20. The van der Waals surface area contributed by atoms with Crippen LogP contribution in [0.3, 0.4) is 0 Å². The maximum Gasteiger partial charge on any atom is 0.330 e. The Morgan fingerprint density at radius 3 is 2.23 bits per heavy atom. The van der Waals surface area contributed by atoms with Crippen LogP contribution in [0.4, 0.5) is 11.4 Å². The number of hydrogen-bond acceptors (Lipinski definition) is 8. The van der Waals surface area contributed by atoms with Gasteiger partial charge in [0.1, 0.15) is 12.3 Å². The van der Waals surface area contributed by atoms with Crippen molar-refractivity contribution in [3.05, 3.63) is 54.4 Å². The van der Waals surface area contributed by atoms with Gasteiger partial charge in [-0.15, -0.1) is 5.11 Å². The van der Waals surface area contributed by atoms with Crippen molar-refractivity contribution in [3.63, 3.8) is 0 Å². The lowest BCUT2D eigenvalue weighted by Crippen LogP contribution is -2.14. The van der Waals surface area contributed by atoms with Gasteiger partial charge in [-0.2, -0.15) is 10.2 Å². The largest absolute Gasteiger partial charge is 0.460 e. The van der Waals surface area contributed by atoms with Crippen LogP contribution in [0.2, 0.25) is 0 Å². The molecule has 1 aromatic heterocycles. The van der Waals surface area contributed by atoms with Gasteiger partial charge in [0.15, 0.2) is 0 Å². The Bertz CT molecular complexity index is 836. The number of aryl methyl sites for hydroxylation is 1. The molecule has 0 bridgehead atoms. The van der Waals surface area contributed by atoms with Gasteiger partial charge in [-0.05, 0) is 26.0 Å². The van der Waals surface area contributed by atoms with E-state index in [1.54, 1.807) is 0 Å². The number of ether oxygens (including phenoxy) is 4. The lowest BCUT2D eigenvalue weighted by atomic mass is 10.3. The van der Waals surface area contributed by atoms with E-state index < -0.39 is 5.97 Å². The molecule has 31 heavy (non-hydrogen) atoms. The van der Waals surface area contributed by atoms with E-state index in [1.165, 1.54) is 0 Å². The van der Waals surface area contributed by atoms with E-state index in [9.17, 15) is 4.79 Å². The first kappa shape index (κ1) is 24.4. The van der Waals surface area contributed by atoms with Gasteiger partial charge in [-0.25, -0.2) is 4.79 Å². The summed E-state index contributed by atoms with van der Waals surface area (Å²) in [6.07, 6.45) is 1.12. The fraction of sp³-hybridized carbons (Fsp3) is 0.455. The molecule has 0 aliphatic heterocycles. The number of carbonyl (C=O) groups excluding carboxylic acids is 1. The van der Waals surface area contributed by atoms with Crippen LogP contribution in [0.5, 0.6) is 0 Å². The first-order chi connectivity index (χ1) is 15.1. The van der Waals surface area contributed by atoms with Crippen molar-refractivity contribution in [3.8, 4) is 0 Å². The maximum atomic E-state index is 10.8. The number of rotatable bonds is 15. The minimum atomic E-state index is -0.453. The number of nitrogens with zero attached hydrogens (tertiary/aromatic N) is 4. The highest BCUT2D eigenvalue weighted by Gasteiger charge is 2.11. The average Bonchev–Trinajstić information content (AvgIpc) is 3.05. The number of hydrogen-bond donors (Lipinski definition) is 0. The summed E-state index contributed by atoms with van der Waals surface area (Å²) in [4.78, 5) is 10.8. The van der Waals surface area contributed by atoms with Gasteiger partial charge in [0, 0.05) is 6.08 Å². The van der Waals surface area contributed by atoms with Crippen LogP contribution >= 0.6 is 0 Å². The Morgan fingerprint density at radius 2 is 1.58 bits per heavy atom. The molecule has 0 atom stereocenters. The molecular formula is C22H30N4O5. The zero-order valence-corrected chi connectivity index (χ0v) is 18.2. The van der Waals surface area contributed by atoms with Crippen molar-refractivity contribution in [1.82, 2.24) is 9.78 Å². The second-order valence-electron chi connectivity index (χ2n) is 6.49. The molecule has 0 spiro atoms. The zero-order chi connectivity index (χ0) is 22.3. The summed E-state index contributed by atoms with van der Waals surface area (Å²) in [5.41, 5.74) is 3.37. The van der Waals surface area contributed by atoms with E-state index in [0.29, 0.717) is 46.2 Å². The Morgan fingerprint density at radius 1 is 0.968 bits per heavy atom. The van der Waals surface area contributed by atoms with E-state index in [1.807, 2.05) is 48.9 Å². The average molecular weight is 431 g/mol. The first-order valence-corrected chi connectivity index (χ1v) is 10.1. The molecule has 0 N–H and O–H groups in total. The molecule has 168 valence electrons. The van der Waals surface area contributed by atoms with Crippen molar-refractivity contribution < 1.29 is 23.7 Å². The molecule has 0 fully saturated rings. The molecule has 2 aromatic rings. The molecule has 0 saturated heterocycles. The smallest absolute Gasteiger partial charge is 0.330 e. The second kappa shape index (κ2) is 14.2. The van der Waals surface area contributed by atoms with Gasteiger partial charge >= 0.3 is 5.97 Å². The Balaban J connectivity index is 1.56. The fourth-order valence-electron chi connectivity index (χ4n) is 2.61. The SMILES string of the molecule is C=CC(=O)OCCOCCOCCOCCn1nc(C)c(N=Nc2ccccc2)c1C. The van der Waals surface area contributed by atoms with Crippen molar-refractivity contribution in [2.24, 2.45) is 10.2 Å². The third-order valence-electron chi connectivity index (χ3n) is 4.20. The van der Waals surface area contributed by atoms with Crippen LogP contribution in [0.15, 0.2) is 53.2 Å². The number of carbonyl (C=O) groups is 1. The van der Waals surface area contributed by atoms with Crippen molar-refractivity contribution in [2.75, 3.05) is 46.2 Å². The standard InChI is InChI=1S/C22H30N4O5/c1-4-21(27)31-17-16-30-15-14-29-13-12-28-11-10-26-19(3)22(18(2)25-26)24-23-20-8-6-5-7-9-20/h4-9H,1,10-17H2,2-3H3. The Kier molecular flexibility index (Phi) is 11.2. The van der Waals surface area contributed by atoms with Crippen LogP contribution in [0.25, 0.3) is 0 Å². The summed E-state index contributed by atoms with van der Waals surface area (Å²) in [7, 11) is 0. The monoisotopic (exact) mass is 430 g/mol. The highest BCUT2D eigenvalue weighted by atomic mass is 16.6. The van der Waals surface area contributed by atoms with Crippen molar-refractivity contribution in [2.45, 2.75) is 20.4 Å². The molecule has 0 aliphatic rings. The normalized spacial score (nSPS) is 11.2. The minimum absolute atomic E-state index is 0.204. The van der Waals surface area contributed by atoms with Crippen LogP contribution in [0, 0.1) is 13.8 Å². The summed E-state index contributed by atoms with van der Waals surface area (Å²) in [6, 6.07) is 9.60. The van der Waals surface area contributed by atoms with Gasteiger partial charge in [0.05, 0.1) is 63.3 Å².